The third-order valence-corrected chi connectivity index (χ3v) is 4.61. The highest BCUT2D eigenvalue weighted by Gasteiger charge is 2.23. The van der Waals surface area contributed by atoms with Crippen molar-refractivity contribution in [1.82, 2.24) is 9.97 Å². The lowest BCUT2D eigenvalue weighted by atomic mass is 10.3. The average molecular weight is 357 g/mol. The molecule has 0 radical (unpaired) electrons. The van der Waals surface area contributed by atoms with Crippen LogP contribution in [0.1, 0.15) is 0 Å². The summed E-state index contributed by atoms with van der Waals surface area (Å²) in [5.74, 6) is -1.22. The van der Waals surface area contributed by atoms with E-state index in [0.29, 0.717) is 0 Å². The fourth-order valence-corrected chi connectivity index (χ4v) is 3.26. The molecule has 1 aromatic carbocycles. The monoisotopic (exact) mass is 355 g/mol. The first-order valence-corrected chi connectivity index (χ1v) is 7.57. The summed E-state index contributed by atoms with van der Waals surface area (Å²) in [7, 11) is -4.17. The van der Waals surface area contributed by atoms with E-state index in [1.165, 1.54) is 12.4 Å². The van der Waals surface area contributed by atoms with Gasteiger partial charge in [0.15, 0.2) is 16.8 Å². The maximum atomic E-state index is 13.5. The van der Waals surface area contributed by atoms with Crippen LogP contribution in [0.5, 0.6) is 0 Å². The third-order valence-electron chi connectivity index (χ3n) is 2.17. The van der Waals surface area contributed by atoms with Gasteiger partial charge < -0.3 is 0 Å². The molecule has 1 N–H and O–H groups in total. The number of hydrogen-bond donors (Lipinski definition) is 1. The molecule has 0 aliphatic heterocycles. The van der Waals surface area contributed by atoms with Crippen LogP contribution in [-0.2, 0) is 10.0 Å². The van der Waals surface area contributed by atoms with Gasteiger partial charge in [-0.2, -0.15) is 0 Å². The van der Waals surface area contributed by atoms with Crippen LogP contribution < -0.4 is 4.72 Å². The lowest BCUT2D eigenvalue weighted by Crippen LogP contribution is -2.15. The van der Waals surface area contributed by atoms with E-state index >= 15 is 0 Å². The molecule has 0 unspecified atom stereocenters. The van der Waals surface area contributed by atoms with Gasteiger partial charge in [0.05, 0.1) is 10.0 Å². The lowest BCUT2D eigenvalue weighted by molar-refractivity contribution is 0.595. The van der Waals surface area contributed by atoms with E-state index in [9.17, 15) is 12.8 Å². The molecule has 106 valence electrons. The number of nitrogens with zero attached hydrogens (tertiary/aromatic N) is 2. The maximum Gasteiger partial charge on any atom is 0.264 e. The maximum absolute atomic E-state index is 13.5. The van der Waals surface area contributed by atoms with Crippen molar-refractivity contribution < 1.29 is 12.8 Å². The molecule has 0 amide bonds. The summed E-state index contributed by atoms with van der Waals surface area (Å²) in [6.07, 6.45) is 2.53. The van der Waals surface area contributed by atoms with Gasteiger partial charge in [-0.15, -0.1) is 0 Å². The van der Waals surface area contributed by atoms with Gasteiger partial charge in [-0.05, 0) is 12.1 Å². The largest absolute Gasteiger partial charge is 0.264 e. The van der Waals surface area contributed by atoms with Crippen LogP contribution in [-0.4, -0.2) is 18.4 Å². The average Bonchev–Trinajstić information content (AvgIpc) is 2.38. The molecule has 0 fully saturated rings. The standard InChI is InChI=1S/C10H5Cl3FN3O2S/c11-5-1-2-6(7(12)8(5)14)20(18,19)17-10-9(13)15-3-4-16-10/h1-4H,(H,16,17). The van der Waals surface area contributed by atoms with Gasteiger partial charge in [-0.25, -0.2) is 22.8 Å². The van der Waals surface area contributed by atoms with Crippen LogP contribution in [0.3, 0.4) is 0 Å². The summed E-state index contributed by atoms with van der Waals surface area (Å²) in [6, 6.07) is 2.15. The van der Waals surface area contributed by atoms with Gasteiger partial charge in [0.25, 0.3) is 10.0 Å². The van der Waals surface area contributed by atoms with Gasteiger partial charge in [0.2, 0.25) is 0 Å². The Balaban J connectivity index is 2.47. The quantitative estimate of drug-likeness (QED) is 0.856. The van der Waals surface area contributed by atoms with Crippen LogP contribution in [0, 0.1) is 5.82 Å². The van der Waals surface area contributed by atoms with Crippen molar-refractivity contribution in [2.75, 3.05) is 4.72 Å². The fourth-order valence-electron chi connectivity index (χ4n) is 1.29. The topological polar surface area (TPSA) is 72.0 Å². The Hall–Kier alpha value is -1.15. The predicted molar refractivity (Wildman–Crippen MR) is 74.3 cm³/mol. The van der Waals surface area contributed by atoms with Crippen LogP contribution in [0.4, 0.5) is 10.2 Å². The second-order valence-corrected chi connectivity index (χ2v) is 6.27. The molecule has 1 aromatic heterocycles. The number of rotatable bonds is 3. The van der Waals surface area contributed by atoms with Gasteiger partial charge >= 0.3 is 0 Å². The zero-order chi connectivity index (χ0) is 14.9. The van der Waals surface area contributed by atoms with Crippen LogP contribution in [0.25, 0.3) is 0 Å². The van der Waals surface area contributed by atoms with E-state index in [0.717, 1.165) is 12.1 Å². The minimum absolute atomic E-state index is 0.151. The molecule has 0 spiro atoms. The van der Waals surface area contributed by atoms with Gasteiger partial charge in [-0.3, -0.25) is 4.72 Å². The SMILES string of the molecule is O=S(=O)(Nc1nccnc1Cl)c1ccc(Cl)c(F)c1Cl. The smallest absolute Gasteiger partial charge is 0.261 e. The minimum atomic E-state index is -4.17. The fraction of sp³-hybridized carbons (Fsp3) is 0. The van der Waals surface area contributed by atoms with E-state index in [-0.39, 0.29) is 16.0 Å². The van der Waals surface area contributed by atoms with Crippen LogP contribution in [0.2, 0.25) is 15.2 Å². The van der Waals surface area contributed by atoms with Gasteiger partial charge in [0, 0.05) is 12.4 Å². The number of sulfonamides is 1. The molecule has 10 heteroatoms. The normalized spacial score (nSPS) is 11.4. The van der Waals surface area contributed by atoms with Crippen LogP contribution in [0.15, 0.2) is 29.4 Å². The molecule has 0 atom stereocenters. The van der Waals surface area contributed by atoms with Crippen molar-refractivity contribution in [3.05, 3.63) is 45.5 Å². The summed E-state index contributed by atoms with van der Waals surface area (Å²) in [6.45, 7) is 0. The molecule has 20 heavy (non-hydrogen) atoms. The molecule has 0 bridgehead atoms. The Kier molecular flexibility index (Phi) is 4.33. The number of aromatic nitrogens is 2. The van der Waals surface area contributed by atoms with Crippen molar-refractivity contribution in [3.8, 4) is 0 Å². The molecule has 1 heterocycles. The summed E-state index contributed by atoms with van der Waals surface area (Å²) in [4.78, 5) is 6.89. The Morgan fingerprint density at radius 3 is 2.40 bits per heavy atom. The van der Waals surface area contributed by atoms with Crippen molar-refractivity contribution in [1.29, 1.82) is 0 Å². The van der Waals surface area contributed by atoms with E-state index in [2.05, 4.69) is 14.7 Å². The predicted octanol–water partition coefficient (Wildman–Crippen LogP) is 3.38. The second-order valence-electron chi connectivity index (χ2n) is 3.47. The molecular formula is C10H5Cl3FN3O2S. The first-order valence-electron chi connectivity index (χ1n) is 4.96. The molecular weight excluding hydrogens is 352 g/mol. The number of halogens is 4. The Morgan fingerprint density at radius 2 is 1.75 bits per heavy atom. The zero-order valence-electron chi connectivity index (χ0n) is 9.44. The van der Waals surface area contributed by atoms with Crippen molar-refractivity contribution in [2.24, 2.45) is 0 Å². The van der Waals surface area contributed by atoms with Crippen molar-refractivity contribution in [2.45, 2.75) is 4.90 Å². The van der Waals surface area contributed by atoms with E-state index < -0.39 is 25.8 Å². The Bertz CT molecular complexity index is 770. The summed E-state index contributed by atoms with van der Waals surface area (Å²) >= 11 is 16.8. The van der Waals surface area contributed by atoms with Crippen LogP contribution >= 0.6 is 34.8 Å². The number of benzene rings is 1. The highest BCUT2D eigenvalue weighted by molar-refractivity contribution is 7.92. The van der Waals surface area contributed by atoms with Gasteiger partial charge in [0.1, 0.15) is 4.90 Å². The van der Waals surface area contributed by atoms with Crippen molar-refractivity contribution >= 4 is 50.6 Å². The molecule has 0 aliphatic rings. The highest BCUT2D eigenvalue weighted by Crippen LogP contribution is 2.30. The molecule has 0 saturated heterocycles. The summed E-state index contributed by atoms with van der Waals surface area (Å²) in [5.41, 5.74) is 0. The molecule has 0 saturated carbocycles. The Labute approximate surface area is 128 Å². The molecule has 2 aromatic rings. The molecule has 2 rings (SSSR count). The number of hydrogen-bond acceptors (Lipinski definition) is 4. The van der Waals surface area contributed by atoms with E-state index in [1.807, 2.05) is 0 Å². The zero-order valence-corrected chi connectivity index (χ0v) is 12.5. The van der Waals surface area contributed by atoms with Gasteiger partial charge in [-0.1, -0.05) is 34.8 Å². The first-order chi connectivity index (χ1) is 9.33. The number of anilines is 1. The summed E-state index contributed by atoms with van der Waals surface area (Å²) < 4.78 is 39.8. The minimum Gasteiger partial charge on any atom is -0.261 e. The second kappa shape index (κ2) is 5.69. The lowest BCUT2D eigenvalue weighted by Gasteiger charge is -2.10. The summed E-state index contributed by atoms with van der Waals surface area (Å²) in [5, 5.41) is -1.06. The number of nitrogens with one attached hydrogen (secondary N) is 1. The van der Waals surface area contributed by atoms with E-state index in [1.54, 1.807) is 0 Å². The Morgan fingerprint density at radius 1 is 1.10 bits per heavy atom. The van der Waals surface area contributed by atoms with Crippen molar-refractivity contribution in [3.63, 3.8) is 0 Å². The molecule has 0 aliphatic carbocycles. The molecule has 5 nitrogen and oxygen atoms in total. The third kappa shape index (κ3) is 2.95. The first kappa shape index (κ1) is 15.2. The van der Waals surface area contributed by atoms with E-state index in [4.69, 9.17) is 34.8 Å². The highest BCUT2D eigenvalue weighted by atomic mass is 35.5.